The van der Waals surface area contributed by atoms with E-state index in [1.165, 1.54) is 12.1 Å². The number of hydrazone groups is 1. The summed E-state index contributed by atoms with van der Waals surface area (Å²) in [4.78, 5) is 0. The van der Waals surface area contributed by atoms with Crippen molar-refractivity contribution in [2.75, 3.05) is 12.9 Å². The molecule has 0 spiro atoms. The molecule has 58 valence electrons. The third kappa shape index (κ3) is 1.56. The third-order valence-electron chi connectivity index (χ3n) is 0.892. The molecule has 0 aliphatic carbocycles. The maximum atomic E-state index is 11.8. The molecule has 0 aromatic rings. The molecular weight excluding hydrogens is 165 g/mol. The molecule has 2 nitrogen and oxygen atoms in total. The number of alkyl halides is 3. The highest BCUT2D eigenvalue weighted by Gasteiger charge is 2.39. The van der Waals surface area contributed by atoms with Gasteiger partial charge in [0.05, 0.1) is 5.88 Å². The lowest BCUT2D eigenvalue weighted by Gasteiger charge is -2.01. The van der Waals surface area contributed by atoms with E-state index >= 15 is 0 Å². The Hall–Kier alpha value is -0.390. The SMILES string of the molecule is CN1CSC(C(F)(F)F)=N1. The fourth-order valence-electron chi connectivity index (χ4n) is 0.506. The minimum absolute atomic E-state index is 0.287. The van der Waals surface area contributed by atoms with Crippen molar-refractivity contribution in [3.05, 3.63) is 0 Å². The number of rotatable bonds is 0. The second kappa shape index (κ2) is 2.34. The number of halogens is 3. The van der Waals surface area contributed by atoms with Crippen molar-refractivity contribution >= 4 is 16.8 Å². The number of hydrogen-bond donors (Lipinski definition) is 0. The zero-order chi connectivity index (χ0) is 7.78. The van der Waals surface area contributed by atoms with Gasteiger partial charge in [-0.2, -0.15) is 18.3 Å². The first-order chi connectivity index (χ1) is 4.50. The van der Waals surface area contributed by atoms with Gasteiger partial charge in [0.1, 0.15) is 0 Å². The molecule has 0 bridgehead atoms. The van der Waals surface area contributed by atoms with E-state index in [2.05, 4.69) is 5.10 Å². The lowest BCUT2D eigenvalue weighted by Crippen LogP contribution is -2.17. The van der Waals surface area contributed by atoms with E-state index in [0.29, 0.717) is 11.8 Å². The molecule has 0 saturated carbocycles. The summed E-state index contributed by atoms with van der Waals surface area (Å²) < 4.78 is 35.3. The summed E-state index contributed by atoms with van der Waals surface area (Å²) in [6.07, 6.45) is -4.27. The van der Waals surface area contributed by atoms with E-state index in [1.807, 2.05) is 0 Å². The molecule has 1 heterocycles. The Morgan fingerprint density at radius 2 is 2.20 bits per heavy atom. The van der Waals surface area contributed by atoms with Gasteiger partial charge in [-0.3, -0.25) is 5.01 Å². The summed E-state index contributed by atoms with van der Waals surface area (Å²) in [5.41, 5.74) is 0. The van der Waals surface area contributed by atoms with Crippen LogP contribution in [0.25, 0.3) is 0 Å². The van der Waals surface area contributed by atoms with Crippen LogP contribution >= 0.6 is 11.8 Å². The molecule has 0 aromatic carbocycles. The van der Waals surface area contributed by atoms with Gasteiger partial charge in [-0.25, -0.2) is 0 Å². The Morgan fingerprint density at radius 3 is 2.40 bits per heavy atom. The van der Waals surface area contributed by atoms with Crippen LogP contribution in [-0.2, 0) is 0 Å². The van der Waals surface area contributed by atoms with E-state index in [-0.39, 0.29) is 5.88 Å². The van der Waals surface area contributed by atoms with Crippen LogP contribution in [0, 0.1) is 0 Å². The Bertz CT molecular complexity index is 164. The van der Waals surface area contributed by atoms with Crippen LogP contribution in [0.15, 0.2) is 5.10 Å². The van der Waals surface area contributed by atoms with E-state index in [4.69, 9.17) is 0 Å². The molecule has 1 rings (SSSR count). The first-order valence-electron chi connectivity index (χ1n) is 2.50. The van der Waals surface area contributed by atoms with Gasteiger partial charge in [0.15, 0.2) is 5.04 Å². The summed E-state index contributed by atoms with van der Waals surface area (Å²) >= 11 is 0.708. The predicted octanol–water partition coefficient (Wildman–Crippen LogP) is 1.50. The van der Waals surface area contributed by atoms with Crippen LogP contribution in [0.1, 0.15) is 0 Å². The fraction of sp³-hybridized carbons (Fsp3) is 0.750. The van der Waals surface area contributed by atoms with Crippen molar-refractivity contribution in [1.82, 2.24) is 5.01 Å². The van der Waals surface area contributed by atoms with Crippen LogP contribution in [0.2, 0.25) is 0 Å². The molecule has 10 heavy (non-hydrogen) atoms. The van der Waals surface area contributed by atoms with Gasteiger partial charge in [0.25, 0.3) is 0 Å². The molecule has 1 aliphatic heterocycles. The average molecular weight is 170 g/mol. The van der Waals surface area contributed by atoms with Gasteiger partial charge < -0.3 is 0 Å². The molecule has 6 heteroatoms. The van der Waals surface area contributed by atoms with E-state index in [9.17, 15) is 13.2 Å². The van der Waals surface area contributed by atoms with Crippen LogP contribution < -0.4 is 0 Å². The normalized spacial score (nSPS) is 19.6. The molecule has 0 amide bonds. The first kappa shape index (κ1) is 7.71. The smallest absolute Gasteiger partial charge is 0.289 e. The molecular formula is C4H5F3N2S. The van der Waals surface area contributed by atoms with Crippen molar-refractivity contribution in [2.24, 2.45) is 5.10 Å². The number of nitrogens with zero attached hydrogens (tertiary/aromatic N) is 2. The van der Waals surface area contributed by atoms with Crippen molar-refractivity contribution in [3.8, 4) is 0 Å². The van der Waals surface area contributed by atoms with Crippen molar-refractivity contribution in [1.29, 1.82) is 0 Å². The monoisotopic (exact) mass is 170 g/mol. The van der Waals surface area contributed by atoms with Gasteiger partial charge in [0, 0.05) is 7.05 Å². The van der Waals surface area contributed by atoms with E-state index in [1.54, 1.807) is 0 Å². The van der Waals surface area contributed by atoms with Gasteiger partial charge >= 0.3 is 6.18 Å². The topological polar surface area (TPSA) is 15.6 Å². The summed E-state index contributed by atoms with van der Waals surface area (Å²) in [5, 5.41) is 3.75. The van der Waals surface area contributed by atoms with E-state index in [0.717, 1.165) is 0 Å². The Labute approximate surface area is 60.1 Å². The van der Waals surface area contributed by atoms with Crippen LogP contribution in [0.5, 0.6) is 0 Å². The Kier molecular flexibility index (Phi) is 1.80. The first-order valence-corrected chi connectivity index (χ1v) is 3.48. The highest BCUT2D eigenvalue weighted by Crippen LogP contribution is 2.29. The van der Waals surface area contributed by atoms with E-state index < -0.39 is 11.2 Å². The van der Waals surface area contributed by atoms with Crippen LogP contribution in [0.3, 0.4) is 0 Å². The summed E-state index contributed by atoms with van der Waals surface area (Å²) in [6, 6.07) is 0. The third-order valence-corrected chi connectivity index (χ3v) is 1.98. The van der Waals surface area contributed by atoms with Gasteiger partial charge in [-0.1, -0.05) is 11.8 Å². The van der Waals surface area contributed by atoms with Crippen molar-refractivity contribution < 1.29 is 13.2 Å². The van der Waals surface area contributed by atoms with Crippen LogP contribution in [0.4, 0.5) is 13.2 Å². The maximum Gasteiger partial charge on any atom is 0.441 e. The lowest BCUT2D eigenvalue weighted by atomic mass is 10.7. The molecule has 0 aromatic heterocycles. The van der Waals surface area contributed by atoms with Gasteiger partial charge in [-0.15, -0.1) is 0 Å². The summed E-state index contributed by atoms with van der Waals surface area (Å²) in [7, 11) is 1.51. The maximum absolute atomic E-state index is 11.8. The summed E-state index contributed by atoms with van der Waals surface area (Å²) in [6.45, 7) is 0. The van der Waals surface area contributed by atoms with Crippen molar-refractivity contribution in [2.45, 2.75) is 6.18 Å². The minimum Gasteiger partial charge on any atom is -0.289 e. The number of thioether (sulfide) groups is 1. The highest BCUT2D eigenvalue weighted by atomic mass is 32.2. The second-order valence-electron chi connectivity index (χ2n) is 1.83. The zero-order valence-electron chi connectivity index (χ0n) is 5.14. The molecule has 0 radical (unpaired) electrons. The molecule has 0 N–H and O–H groups in total. The minimum atomic E-state index is -4.27. The number of hydrogen-bond acceptors (Lipinski definition) is 3. The Morgan fingerprint density at radius 1 is 1.60 bits per heavy atom. The molecule has 0 saturated heterocycles. The standard InChI is InChI=1S/C4H5F3N2S/c1-9-2-10-3(8-9)4(5,6)7/h2H2,1H3. The average Bonchev–Trinajstić information content (AvgIpc) is 2.11. The van der Waals surface area contributed by atoms with Crippen LogP contribution in [-0.4, -0.2) is 29.2 Å². The summed E-state index contributed by atoms with van der Waals surface area (Å²) in [5.74, 6) is 0.287. The molecule has 0 fully saturated rings. The lowest BCUT2D eigenvalue weighted by molar-refractivity contribution is -0.0560. The molecule has 0 unspecified atom stereocenters. The molecule has 0 atom stereocenters. The molecule has 1 aliphatic rings. The van der Waals surface area contributed by atoms with Gasteiger partial charge in [-0.05, 0) is 0 Å². The largest absolute Gasteiger partial charge is 0.441 e. The van der Waals surface area contributed by atoms with Gasteiger partial charge in [0.2, 0.25) is 0 Å². The fourth-order valence-corrected chi connectivity index (χ4v) is 1.23. The second-order valence-corrected chi connectivity index (χ2v) is 2.77. The zero-order valence-corrected chi connectivity index (χ0v) is 5.96. The Balaban J connectivity index is 2.67. The highest BCUT2D eigenvalue weighted by molar-refractivity contribution is 8.14. The predicted molar refractivity (Wildman–Crippen MR) is 33.7 cm³/mol. The van der Waals surface area contributed by atoms with Crippen molar-refractivity contribution in [3.63, 3.8) is 0 Å². The quantitative estimate of drug-likeness (QED) is 0.547.